The van der Waals surface area contributed by atoms with Crippen molar-refractivity contribution in [3.05, 3.63) is 69.8 Å². The van der Waals surface area contributed by atoms with E-state index in [0.29, 0.717) is 16.8 Å². The summed E-state index contributed by atoms with van der Waals surface area (Å²) >= 11 is 0. The van der Waals surface area contributed by atoms with Gasteiger partial charge in [0, 0.05) is 29.5 Å². The predicted octanol–water partition coefficient (Wildman–Crippen LogP) is 4.54. The van der Waals surface area contributed by atoms with E-state index in [1.165, 1.54) is 6.07 Å². The zero-order valence-corrected chi connectivity index (χ0v) is 15.0. The van der Waals surface area contributed by atoms with Gasteiger partial charge < -0.3 is 5.32 Å². The Labute approximate surface area is 157 Å². The van der Waals surface area contributed by atoms with Crippen molar-refractivity contribution >= 4 is 23.1 Å². The lowest BCUT2D eigenvalue weighted by atomic mass is 9.88. The summed E-state index contributed by atoms with van der Waals surface area (Å²) in [5.74, 6) is -0.332. The molecule has 1 saturated carbocycles. The normalized spacial score (nSPS) is 14.5. The summed E-state index contributed by atoms with van der Waals surface area (Å²) in [5, 5.41) is 14.1. The van der Waals surface area contributed by atoms with Crippen LogP contribution in [-0.4, -0.2) is 16.6 Å². The van der Waals surface area contributed by atoms with Gasteiger partial charge >= 0.3 is 0 Å². The van der Waals surface area contributed by atoms with Gasteiger partial charge in [0.05, 0.1) is 10.6 Å². The first kappa shape index (κ1) is 18.8. The number of Topliss-reactive ketones (excluding diaryl/α,β-unsaturated/α-hetero) is 1. The number of nitrogens with one attached hydrogen (secondary N) is 1. The Balaban J connectivity index is 1.78. The highest BCUT2D eigenvalue weighted by Crippen LogP contribution is 2.27. The number of carbonyl (C=O) groups is 2. The number of carbonyl (C=O) groups excluding carboxylic acids is 2. The fourth-order valence-corrected chi connectivity index (χ4v) is 3.54. The monoisotopic (exact) mass is 366 g/mol. The van der Waals surface area contributed by atoms with Crippen LogP contribution in [0.1, 0.15) is 48.0 Å². The average molecular weight is 366 g/mol. The molecule has 0 unspecified atom stereocenters. The second-order valence-electron chi connectivity index (χ2n) is 6.86. The van der Waals surface area contributed by atoms with E-state index in [1.54, 1.807) is 42.5 Å². The van der Waals surface area contributed by atoms with Gasteiger partial charge in [-0.3, -0.25) is 19.7 Å². The van der Waals surface area contributed by atoms with Gasteiger partial charge in [-0.15, -0.1) is 0 Å². The first-order valence-corrected chi connectivity index (χ1v) is 9.21. The highest BCUT2D eigenvalue weighted by Gasteiger charge is 2.23. The second-order valence-corrected chi connectivity index (χ2v) is 6.86. The molecule has 27 heavy (non-hydrogen) atoms. The van der Waals surface area contributed by atoms with Crippen LogP contribution in [0, 0.1) is 16.0 Å². The summed E-state index contributed by atoms with van der Waals surface area (Å²) in [4.78, 5) is 36.0. The van der Waals surface area contributed by atoms with Crippen molar-refractivity contribution in [2.24, 2.45) is 5.92 Å². The van der Waals surface area contributed by atoms with Gasteiger partial charge in [0.1, 0.15) is 0 Å². The average Bonchev–Trinajstić information content (AvgIpc) is 2.69. The van der Waals surface area contributed by atoms with E-state index in [-0.39, 0.29) is 29.7 Å². The van der Waals surface area contributed by atoms with Crippen molar-refractivity contribution in [3.63, 3.8) is 0 Å². The molecule has 0 saturated heterocycles. The van der Waals surface area contributed by atoms with E-state index in [2.05, 4.69) is 5.32 Å². The Morgan fingerprint density at radius 2 is 1.67 bits per heavy atom. The van der Waals surface area contributed by atoms with Gasteiger partial charge in [-0.1, -0.05) is 49.6 Å². The van der Waals surface area contributed by atoms with E-state index in [1.807, 2.05) is 0 Å². The number of hydrogen-bond acceptors (Lipinski definition) is 4. The number of nitro benzene ring substituents is 1. The molecule has 1 aliphatic rings. The molecule has 1 N–H and O–H groups in total. The number of rotatable bonds is 6. The van der Waals surface area contributed by atoms with Gasteiger partial charge in [0.25, 0.3) is 5.69 Å². The molecule has 0 spiro atoms. The molecule has 0 radical (unpaired) electrons. The molecule has 140 valence electrons. The zero-order valence-electron chi connectivity index (χ0n) is 15.0. The van der Waals surface area contributed by atoms with Crippen molar-refractivity contribution in [1.29, 1.82) is 0 Å². The maximum atomic E-state index is 12.8. The number of amides is 1. The van der Waals surface area contributed by atoms with Gasteiger partial charge in [-0.25, -0.2) is 0 Å². The third-order valence-corrected chi connectivity index (χ3v) is 5.00. The molecule has 1 aliphatic carbocycles. The van der Waals surface area contributed by atoms with E-state index < -0.39 is 4.92 Å². The summed E-state index contributed by atoms with van der Waals surface area (Å²) in [5.41, 5.74) is 1.13. The molecule has 6 nitrogen and oxygen atoms in total. The van der Waals surface area contributed by atoms with E-state index in [4.69, 9.17) is 0 Å². The number of hydrogen-bond donors (Lipinski definition) is 1. The van der Waals surface area contributed by atoms with E-state index in [0.717, 1.165) is 32.1 Å². The topological polar surface area (TPSA) is 89.3 Å². The molecule has 6 heteroatoms. The minimum atomic E-state index is -0.487. The first-order chi connectivity index (χ1) is 13.1. The Morgan fingerprint density at radius 1 is 1.00 bits per heavy atom. The fraction of sp³-hybridized carbons (Fsp3) is 0.333. The minimum absolute atomic E-state index is 0.0166. The van der Waals surface area contributed by atoms with E-state index in [9.17, 15) is 19.7 Å². The number of nitro groups is 1. The van der Waals surface area contributed by atoms with Crippen LogP contribution >= 0.6 is 0 Å². The quantitative estimate of drug-likeness (QED) is 0.462. The van der Waals surface area contributed by atoms with Gasteiger partial charge in [0.15, 0.2) is 5.78 Å². The summed E-state index contributed by atoms with van der Waals surface area (Å²) in [6.45, 7) is 0. The number of nitrogens with zero attached hydrogens (tertiary/aromatic N) is 1. The first-order valence-electron chi connectivity index (χ1n) is 9.21. The minimum Gasteiger partial charge on any atom is -0.325 e. The van der Waals surface area contributed by atoms with Gasteiger partial charge in [0.2, 0.25) is 5.91 Å². The van der Waals surface area contributed by atoms with Crippen LogP contribution in [0.4, 0.5) is 11.4 Å². The Bertz CT molecular complexity index is 857. The molecule has 1 amide bonds. The predicted molar refractivity (Wildman–Crippen MR) is 103 cm³/mol. The molecular weight excluding hydrogens is 344 g/mol. The van der Waals surface area contributed by atoms with Crippen LogP contribution in [0.15, 0.2) is 48.5 Å². The van der Waals surface area contributed by atoms with Crippen molar-refractivity contribution in [2.75, 3.05) is 5.32 Å². The largest absolute Gasteiger partial charge is 0.325 e. The molecule has 2 aromatic rings. The van der Waals surface area contributed by atoms with Crippen molar-refractivity contribution < 1.29 is 14.5 Å². The van der Waals surface area contributed by atoms with Crippen LogP contribution in [0.25, 0.3) is 0 Å². The molecule has 0 heterocycles. The summed E-state index contributed by atoms with van der Waals surface area (Å²) in [6, 6.07) is 13.1. The highest BCUT2D eigenvalue weighted by molar-refractivity contribution is 6.06. The van der Waals surface area contributed by atoms with Crippen LogP contribution in [0.3, 0.4) is 0 Å². The number of para-hydroxylation sites is 2. The molecular formula is C21H22N2O4. The Kier molecular flexibility index (Phi) is 5.96. The van der Waals surface area contributed by atoms with E-state index >= 15 is 0 Å². The third kappa shape index (κ3) is 4.58. The van der Waals surface area contributed by atoms with Crippen molar-refractivity contribution in [3.8, 4) is 0 Å². The fourth-order valence-electron chi connectivity index (χ4n) is 3.54. The molecule has 0 bridgehead atoms. The summed E-state index contributed by atoms with van der Waals surface area (Å²) in [7, 11) is 0. The van der Waals surface area contributed by atoms with Crippen LogP contribution in [-0.2, 0) is 11.2 Å². The molecule has 0 aromatic heterocycles. The molecule has 3 rings (SSSR count). The summed E-state index contributed by atoms with van der Waals surface area (Å²) < 4.78 is 0. The highest BCUT2D eigenvalue weighted by atomic mass is 16.6. The Morgan fingerprint density at radius 3 is 2.41 bits per heavy atom. The Hall–Kier alpha value is -3.02. The zero-order chi connectivity index (χ0) is 19.2. The molecule has 1 fully saturated rings. The standard InChI is InChI=1S/C21H22N2O4/c24-20(14-16-10-4-7-13-19(16)23(26)27)17-11-5-6-12-18(17)22-21(25)15-8-2-1-3-9-15/h4-7,10-13,15H,1-3,8-9,14H2,(H,22,25). The lowest BCUT2D eigenvalue weighted by Crippen LogP contribution is -2.25. The molecule has 0 atom stereocenters. The van der Waals surface area contributed by atoms with Crippen LogP contribution in [0.5, 0.6) is 0 Å². The SMILES string of the molecule is O=C(Cc1ccccc1[N+](=O)[O-])c1ccccc1NC(=O)C1CCCCC1. The lowest BCUT2D eigenvalue weighted by molar-refractivity contribution is -0.385. The van der Waals surface area contributed by atoms with Crippen molar-refractivity contribution in [2.45, 2.75) is 38.5 Å². The number of ketones is 1. The van der Waals surface area contributed by atoms with Crippen molar-refractivity contribution in [1.82, 2.24) is 0 Å². The van der Waals surface area contributed by atoms with Crippen LogP contribution in [0.2, 0.25) is 0 Å². The lowest BCUT2D eigenvalue weighted by Gasteiger charge is -2.21. The van der Waals surface area contributed by atoms with Crippen LogP contribution < -0.4 is 5.32 Å². The smallest absolute Gasteiger partial charge is 0.273 e. The van der Waals surface area contributed by atoms with Gasteiger partial charge in [-0.05, 0) is 25.0 Å². The maximum Gasteiger partial charge on any atom is 0.273 e. The number of benzene rings is 2. The maximum absolute atomic E-state index is 12.8. The number of anilines is 1. The summed E-state index contributed by atoms with van der Waals surface area (Å²) in [6.07, 6.45) is 4.92. The third-order valence-electron chi connectivity index (χ3n) is 5.00. The molecule has 0 aliphatic heterocycles. The molecule has 2 aromatic carbocycles. The van der Waals surface area contributed by atoms with Gasteiger partial charge in [-0.2, -0.15) is 0 Å². The second kappa shape index (κ2) is 8.58.